The normalized spacial score (nSPS) is 12.3. The fraction of sp³-hybridized carbons (Fsp3) is 0.250. The molecule has 3 nitrogen and oxygen atoms in total. The van der Waals surface area contributed by atoms with Crippen LogP contribution in [0.25, 0.3) is 10.9 Å². The van der Waals surface area contributed by atoms with Crippen LogP contribution in [0.5, 0.6) is 0 Å². The zero-order valence-electron chi connectivity index (χ0n) is 14.1. The predicted octanol–water partition coefficient (Wildman–Crippen LogP) is 4.34. The standard InChI is InChI=1S/C20H21FN2O/c1-12-8-9-19-17(10-12)16(14(3)22-19)11-20(24)23-13(2)15-6-4-5-7-18(15)21/h4-10,13,22H,11H2,1-3H3,(H,23,24). The molecular formula is C20H21FN2O. The van der Waals surface area contributed by atoms with E-state index in [0.717, 1.165) is 27.7 Å². The highest BCUT2D eigenvalue weighted by atomic mass is 19.1. The summed E-state index contributed by atoms with van der Waals surface area (Å²) in [5, 5.41) is 3.96. The van der Waals surface area contributed by atoms with E-state index in [9.17, 15) is 9.18 Å². The van der Waals surface area contributed by atoms with Crippen LogP contribution >= 0.6 is 0 Å². The molecule has 1 heterocycles. The first-order chi connectivity index (χ1) is 11.5. The minimum absolute atomic E-state index is 0.115. The predicted molar refractivity (Wildman–Crippen MR) is 94.4 cm³/mol. The van der Waals surface area contributed by atoms with Crippen LogP contribution in [0.1, 0.15) is 35.3 Å². The second-order valence-electron chi connectivity index (χ2n) is 6.27. The van der Waals surface area contributed by atoms with Gasteiger partial charge in [-0.1, -0.05) is 29.8 Å². The van der Waals surface area contributed by atoms with Crippen LogP contribution in [0.15, 0.2) is 42.5 Å². The Bertz CT molecular complexity index is 898. The summed E-state index contributed by atoms with van der Waals surface area (Å²) in [5.74, 6) is -0.416. The number of hydrogen-bond donors (Lipinski definition) is 2. The Hall–Kier alpha value is -2.62. The van der Waals surface area contributed by atoms with Crippen molar-refractivity contribution in [2.24, 2.45) is 0 Å². The number of H-pyrrole nitrogens is 1. The van der Waals surface area contributed by atoms with Crippen molar-refractivity contribution in [3.8, 4) is 0 Å². The zero-order chi connectivity index (χ0) is 17.3. The van der Waals surface area contributed by atoms with Gasteiger partial charge in [-0.05, 0) is 44.5 Å². The first kappa shape index (κ1) is 16.2. The molecule has 3 aromatic rings. The molecule has 0 aliphatic rings. The molecule has 0 saturated heterocycles. The number of aromatic amines is 1. The van der Waals surface area contributed by atoms with Crippen LogP contribution < -0.4 is 5.32 Å². The van der Waals surface area contributed by atoms with E-state index in [1.165, 1.54) is 6.07 Å². The molecule has 0 bridgehead atoms. The molecule has 0 saturated carbocycles. The highest BCUT2D eigenvalue weighted by Gasteiger charge is 2.16. The van der Waals surface area contributed by atoms with Crippen LogP contribution in [-0.4, -0.2) is 10.9 Å². The quantitative estimate of drug-likeness (QED) is 0.736. The van der Waals surface area contributed by atoms with Crippen LogP contribution in [0.4, 0.5) is 4.39 Å². The maximum atomic E-state index is 13.8. The van der Waals surface area contributed by atoms with Crippen LogP contribution in [0.2, 0.25) is 0 Å². The fourth-order valence-electron chi connectivity index (χ4n) is 3.08. The van der Waals surface area contributed by atoms with E-state index >= 15 is 0 Å². The lowest BCUT2D eigenvalue weighted by atomic mass is 10.0. The minimum Gasteiger partial charge on any atom is -0.358 e. The number of aryl methyl sites for hydroxylation is 2. The van der Waals surface area contributed by atoms with Crippen molar-refractivity contribution >= 4 is 16.8 Å². The molecule has 1 amide bonds. The van der Waals surface area contributed by atoms with E-state index in [0.29, 0.717) is 5.56 Å². The highest BCUT2D eigenvalue weighted by Crippen LogP contribution is 2.24. The van der Waals surface area contributed by atoms with Crippen molar-refractivity contribution in [3.63, 3.8) is 0 Å². The van der Waals surface area contributed by atoms with Crippen molar-refractivity contribution in [2.45, 2.75) is 33.2 Å². The summed E-state index contributed by atoms with van der Waals surface area (Å²) < 4.78 is 13.8. The van der Waals surface area contributed by atoms with Crippen LogP contribution in [-0.2, 0) is 11.2 Å². The summed E-state index contributed by atoms with van der Waals surface area (Å²) in [5.41, 5.74) is 4.67. The number of carbonyl (C=O) groups excluding carboxylic acids is 1. The molecule has 4 heteroatoms. The number of fused-ring (bicyclic) bond motifs is 1. The van der Waals surface area contributed by atoms with Gasteiger partial charge in [0, 0.05) is 22.2 Å². The summed E-state index contributed by atoms with van der Waals surface area (Å²) in [6.07, 6.45) is 0.272. The third-order valence-corrected chi connectivity index (χ3v) is 4.36. The summed E-state index contributed by atoms with van der Waals surface area (Å²) in [4.78, 5) is 15.8. The number of benzene rings is 2. The van der Waals surface area contributed by atoms with Crippen molar-refractivity contribution < 1.29 is 9.18 Å². The second-order valence-corrected chi connectivity index (χ2v) is 6.27. The Balaban J connectivity index is 1.79. The van der Waals surface area contributed by atoms with Crippen molar-refractivity contribution in [1.29, 1.82) is 0 Å². The first-order valence-electron chi connectivity index (χ1n) is 8.07. The van der Waals surface area contributed by atoms with Crippen LogP contribution in [0.3, 0.4) is 0 Å². The van der Waals surface area contributed by atoms with Crippen molar-refractivity contribution in [2.75, 3.05) is 0 Å². The van der Waals surface area contributed by atoms with E-state index in [1.807, 2.05) is 26.0 Å². The number of carbonyl (C=O) groups is 1. The SMILES string of the molecule is Cc1ccc2[nH]c(C)c(CC(=O)NC(C)c3ccccc3F)c2c1. The Morgan fingerprint density at radius 1 is 1.21 bits per heavy atom. The lowest BCUT2D eigenvalue weighted by Crippen LogP contribution is -2.28. The molecule has 3 rings (SSSR count). The second kappa shape index (κ2) is 6.48. The van der Waals surface area contributed by atoms with E-state index in [2.05, 4.69) is 16.4 Å². The van der Waals surface area contributed by atoms with Gasteiger partial charge in [0.25, 0.3) is 0 Å². The summed E-state index contributed by atoms with van der Waals surface area (Å²) in [7, 11) is 0. The average molecular weight is 324 g/mol. The maximum absolute atomic E-state index is 13.8. The minimum atomic E-state index is -0.369. The Kier molecular flexibility index (Phi) is 4.38. The van der Waals surface area contributed by atoms with E-state index in [-0.39, 0.29) is 24.2 Å². The lowest BCUT2D eigenvalue weighted by molar-refractivity contribution is -0.121. The topological polar surface area (TPSA) is 44.9 Å². The zero-order valence-corrected chi connectivity index (χ0v) is 14.1. The van der Waals surface area contributed by atoms with Gasteiger partial charge in [0.1, 0.15) is 5.82 Å². The van der Waals surface area contributed by atoms with Crippen molar-refractivity contribution in [1.82, 2.24) is 10.3 Å². The number of nitrogens with one attached hydrogen (secondary N) is 2. The van der Waals surface area contributed by atoms with Gasteiger partial charge >= 0.3 is 0 Å². The van der Waals surface area contributed by atoms with Gasteiger partial charge in [0.2, 0.25) is 5.91 Å². The van der Waals surface area contributed by atoms with E-state index in [1.54, 1.807) is 25.1 Å². The van der Waals surface area contributed by atoms with E-state index in [4.69, 9.17) is 0 Å². The lowest BCUT2D eigenvalue weighted by Gasteiger charge is -2.15. The van der Waals surface area contributed by atoms with Gasteiger partial charge in [0.15, 0.2) is 0 Å². The fourth-order valence-corrected chi connectivity index (χ4v) is 3.08. The Morgan fingerprint density at radius 3 is 2.71 bits per heavy atom. The molecule has 0 fully saturated rings. The van der Waals surface area contributed by atoms with Gasteiger partial charge in [0.05, 0.1) is 12.5 Å². The van der Waals surface area contributed by atoms with Gasteiger partial charge in [-0.15, -0.1) is 0 Å². The molecule has 0 radical (unpaired) electrons. The maximum Gasteiger partial charge on any atom is 0.224 e. The summed E-state index contributed by atoms with van der Waals surface area (Å²) >= 11 is 0. The monoisotopic (exact) mass is 324 g/mol. The third kappa shape index (κ3) is 3.18. The number of aromatic nitrogens is 1. The largest absolute Gasteiger partial charge is 0.358 e. The molecule has 2 N–H and O–H groups in total. The molecule has 0 aliphatic carbocycles. The number of halogens is 1. The number of amides is 1. The molecule has 2 aromatic carbocycles. The molecule has 1 unspecified atom stereocenters. The van der Waals surface area contributed by atoms with Gasteiger partial charge in [-0.2, -0.15) is 0 Å². The smallest absolute Gasteiger partial charge is 0.224 e. The molecule has 124 valence electrons. The highest BCUT2D eigenvalue weighted by molar-refractivity contribution is 5.90. The third-order valence-electron chi connectivity index (χ3n) is 4.36. The van der Waals surface area contributed by atoms with Crippen LogP contribution in [0, 0.1) is 19.7 Å². The first-order valence-corrected chi connectivity index (χ1v) is 8.07. The van der Waals surface area contributed by atoms with Gasteiger partial charge in [-0.25, -0.2) is 4.39 Å². The number of hydrogen-bond acceptors (Lipinski definition) is 1. The van der Waals surface area contributed by atoms with Crippen molar-refractivity contribution in [3.05, 3.63) is 70.7 Å². The Morgan fingerprint density at radius 2 is 1.96 bits per heavy atom. The molecule has 0 spiro atoms. The molecule has 24 heavy (non-hydrogen) atoms. The molecule has 1 atom stereocenters. The van der Waals surface area contributed by atoms with Gasteiger partial charge < -0.3 is 10.3 Å². The average Bonchev–Trinajstić information content (AvgIpc) is 2.83. The van der Waals surface area contributed by atoms with Gasteiger partial charge in [-0.3, -0.25) is 4.79 Å². The molecular weight excluding hydrogens is 303 g/mol. The Labute approximate surface area is 140 Å². The number of rotatable bonds is 4. The summed E-state index contributed by atoms with van der Waals surface area (Å²) in [6.45, 7) is 5.80. The molecule has 1 aromatic heterocycles. The molecule has 0 aliphatic heterocycles. The summed E-state index contributed by atoms with van der Waals surface area (Å²) in [6, 6.07) is 12.3. The van der Waals surface area contributed by atoms with E-state index < -0.39 is 0 Å².